The zero-order valence-corrected chi connectivity index (χ0v) is 16.0. The van der Waals surface area contributed by atoms with Crippen molar-refractivity contribution in [1.29, 1.82) is 0 Å². The number of carbonyl (C=O) groups excluding carboxylic acids is 1. The highest BCUT2D eigenvalue weighted by atomic mass is 16.5. The number of amides is 1. The van der Waals surface area contributed by atoms with Crippen molar-refractivity contribution in [1.82, 2.24) is 4.90 Å². The van der Waals surface area contributed by atoms with E-state index in [1.807, 2.05) is 17.0 Å². The van der Waals surface area contributed by atoms with Crippen LogP contribution in [0, 0.1) is 13.8 Å². The van der Waals surface area contributed by atoms with Crippen molar-refractivity contribution < 1.29 is 9.53 Å². The Kier molecular flexibility index (Phi) is 5.82. The largest absolute Gasteiger partial charge is 0.497 e. The molecule has 2 aromatic carbocycles. The van der Waals surface area contributed by atoms with Gasteiger partial charge in [-0.2, -0.15) is 0 Å². The second-order valence-electron chi connectivity index (χ2n) is 6.98. The van der Waals surface area contributed by atoms with Gasteiger partial charge >= 0.3 is 0 Å². The van der Waals surface area contributed by atoms with E-state index in [0.717, 1.165) is 38.3 Å². The minimum absolute atomic E-state index is 0.262. The van der Waals surface area contributed by atoms with Crippen LogP contribution in [0.3, 0.4) is 0 Å². The number of carbonyl (C=O) groups is 1. The van der Waals surface area contributed by atoms with Gasteiger partial charge in [-0.1, -0.05) is 18.2 Å². The molecule has 1 aliphatic rings. The fourth-order valence-electron chi connectivity index (χ4n) is 3.38. The van der Waals surface area contributed by atoms with Crippen LogP contribution in [-0.4, -0.2) is 44.1 Å². The Bertz CT molecular complexity index is 747. The number of aryl methyl sites for hydroxylation is 3. The standard InChI is InChI=1S/C22H28N2O2/c1-17-4-5-19(16-18(17)2)6-11-22(25)24-14-12-23(13-15-24)20-7-9-21(26-3)10-8-20/h4-5,7-10,16H,6,11-15H2,1-3H3. The molecule has 2 aromatic rings. The van der Waals surface area contributed by atoms with Gasteiger partial charge in [-0.15, -0.1) is 0 Å². The summed E-state index contributed by atoms with van der Waals surface area (Å²) < 4.78 is 5.21. The van der Waals surface area contributed by atoms with Crippen LogP contribution in [0.5, 0.6) is 5.75 Å². The van der Waals surface area contributed by atoms with E-state index >= 15 is 0 Å². The van der Waals surface area contributed by atoms with Crippen LogP contribution in [0.15, 0.2) is 42.5 Å². The monoisotopic (exact) mass is 352 g/mol. The molecule has 0 unspecified atom stereocenters. The van der Waals surface area contributed by atoms with Gasteiger partial charge in [0.05, 0.1) is 7.11 Å². The zero-order chi connectivity index (χ0) is 18.5. The normalized spacial score (nSPS) is 14.4. The highest BCUT2D eigenvalue weighted by molar-refractivity contribution is 5.76. The number of hydrogen-bond acceptors (Lipinski definition) is 3. The summed E-state index contributed by atoms with van der Waals surface area (Å²) in [6.07, 6.45) is 1.41. The summed E-state index contributed by atoms with van der Waals surface area (Å²) in [5.74, 6) is 1.13. The second kappa shape index (κ2) is 8.26. The van der Waals surface area contributed by atoms with Crippen LogP contribution in [0.25, 0.3) is 0 Å². The van der Waals surface area contributed by atoms with Crippen molar-refractivity contribution in [2.45, 2.75) is 26.7 Å². The van der Waals surface area contributed by atoms with Gasteiger partial charge in [0, 0.05) is 38.3 Å². The molecule has 1 saturated heterocycles. The molecule has 1 amide bonds. The molecule has 1 fully saturated rings. The predicted octanol–water partition coefficient (Wildman–Crippen LogP) is 3.59. The molecule has 3 rings (SSSR count). The number of rotatable bonds is 5. The van der Waals surface area contributed by atoms with E-state index in [9.17, 15) is 4.79 Å². The number of piperazine rings is 1. The van der Waals surface area contributed by atoms with E-state index in [0.29, 0.717) is 6.42 Å². The van der Waals surface area contributed by atoms with Crippen molar-refractivity contribution in [3.63, 3.8) is 0 Å². The van der Waals surface area contributed by atoms with E-state index in [4.69, 9.17) is 4.74 Å². The second-order valence-corrected chi connectivity index (χ2v) is 6.98. The van der Waals surface area contributed by atoms with E-state index in [1.165, 1.54) is 22.4 Å². The number of hydrogen-bond donors (Lipinski definition) is 0. The molecule has 26 heavy (non-hydrogen) atoms. The molecule has 0 saturated carbocycles. The molecule has 0 aromatic heterocycles. The molecule has 1 heterocycles. The lowest BCUT2D eigenvalue weighted by Crippen LogP contribution is -2.48. The first kappa shape index (κ1) is 18.3. The van der Waals surface area contributed by atoms with Crippen LogP contribution in [0.4, 0.5) is 5.69 Å². The first-order chi connectivity index (χ1) is 12.6. The Morgan fingerprint density at radius 1 is 0.962 bits per heavy atom. The van der Waals surface area contributed by atoms with Crippen molar-refractivity contribution in [2.24, 2.45) is 0 Å². The molecule has 0 spiro atoms. The van der Waals surface area contributed by atoms with Crippen molar-refractivity contribution in [2.75, 3.05) is 38.2 Å². The number of benzene rings is 2. The molecular formula is C22H28N2O2. The highest BCUT2D eigenvalue weighted by Crippen LogP contribution is 2.21. The fourth-order valence-corrected chi connectivity index (χ4v) is 3.38. The van der Waals surface area contributed by atoms with E-state index in [2.05, 4.69) is 49.1 Å². The first-order valence-corrected chi connectivity index (χ1v) is 9.30. The molecule has 0 bridgehead atoms. The Morgan fingerprint density at radius 2 is 1.65 bits per heavy atom. The van der Waals surface area contributed by atoms with E-state index in [1.54, 1.807) is 7.11 Å². The van der Waals surface area contributed by atoms with Crippen molar-refractivity contribution >= 4 is 11.6 Å². The average Bonchev–Trinajstić information content (AvgIpc) is 2.69. The summed E-state index contributed by atoms with van der Waals surface area (Å²) in [7, 11) is 1.68. The Labute approximate surface area is 156 Å². The zero-order valence-electron chi connectivity index (χ0n) is 16.0. The third-order valence-electron chi connectivity index (χ3n) is 5.27. The molecule has 4 nitrogen and oxygen atoms in total. The molecule has 0 radical (unpaired) electrons. The number of anilines is 1. The third-order valence-corrected chi connectivity index (χ3v) is 5.27. The maximum absolute atomic E-state index is 12.5. The van der Waals surface area contributed by atoms with Crippen LogP contribution < -0.4 is 9.64 Å². The summed E-state index contributed by atoms with van der Waals surface area (Å²) >= 11 is 0. The van der Waals surface area contributed by atoms with Gasteiger partial charge in [0.2, 0.25) is 5.91 Å². The summed E-state index contributed by atoms with van der Waals surface area (Å²) in [4.78, 5) is 16.9. The van der Waals surface area contributed by atoms with Crippen LogP contribution >= 0.6 is 0 Å². The molecule has 0 atom stereocenters. The molecule has 0 N–H and O–H groups in total. The predicted molar refractivity (Wildman–Crippen MR) is 106 cm³/mol. The number of nitrogens with zero attached hydrogens (tertiary/aromatic N) is 2. The molecule has 0 aliphatic carbocycles. The SMILES string of the molecule is COc1ccc(N2CCN(C(=O)CCc3ccc(C)c(C)c3)CC2)cc1. The maximum atomic E-state index is 12.5. The Balaban J connectivity index is 1.49. The highest BCUT2D eigenvalue weighted by Gasteiger charge is 2.21. The maximum Gasteiger partial charge on any atom is 0.223 e. The fraction of sp³-hybridized carbons (Fsp3) is 0.409. The number of ether oxygens (including phenoxy) is 1. The van der Waals surface area contributed by atoms with Crippen LogP contribution in [0.2, 0.25) is 0 Å². The van der Waals surface area contributed by atoms with Gasteiger partial charge < -0.3 is 14.5 Å². The third kappa shape index (κ3) is 4.37. The molecule has 138 valence electrons. The Hall–Kier alpha value is -2.49. The lowest BCUT2D eigenvalue weighted by atomic mass is 10.0. The smallest absolute Gasteiger partial charge is 0.223 e. The minimum Gasteiger partial charge on any atom is -0.497 e. The molecule has 4 heteroatoms. The first-order valence-electron chi connectivity index (χ1n) is 9.30. The minimum atomic E-state index is 0.262. The lowest BCUT2D eigenvalue weighted by Gasteiger charge is -2.36. The summed E-state index contributed by atoms with van der Waals surface area (Å²) in [6, 6.07) is 14.6. The van der Waals surface area contributed by atoms with Crippen molar-refractivity contribution in [3.05, 3.63) is 59.2 Å². The van der Waals surface area contributed by atoms with Gasteiger partial charge in [-0.25, -0.2) is 0 Å². The average molecular weight is 352 g/mol. The van der Waals surface area contributed by atoms with Gasteiger partial charge in [-0.3, -0.25) is 4.79 Å². The topological polar surface area (TPSA) is 32.8 Å². The van der Waals surface area contributed by atoms with Crippen molar-refractivity contribution in [3.8, 4) is 5.75 Å². The quantitative estimate of drug-likeness (QED) is 0.824. The Morgan fingerprint density at radius 3 is 2.27 bits per heavy atom. The van der Waals surface area contributed by atoms with E-state index < -0.39 is 0 Å². The summed E-state index contributed by atoms with van der Waals surface area (Å²) in [6.45, 7) is 7.57. The van der Waals surface area contributed by atoms with Gasteiger partial charge in [0.1, 0.15) is 5.75 Å². The van der Waals surface area contributed by atoms with Gasteiger partial charge in [0.25, 0.3) is 0 Å². The van der Waals surface area contributed by atoms with Gasteiger partial charge in [-0.05, 0) is 61.2 Å². The van der Waals surface area contributed by atoms with Crippen LogP contribution in [-0.2, 0) is 11.2 Å². The summed E-state index contributed by atoms with van der Waals surface area (Å²) in [5, 5.41) is 0. The van der Waals surface area contributed by atoms with E-state index in [-0.39, 0.29) is 5.91 Å². The summed E-state index contributed by atoms with van der Waals surface area (Å²) in [5.41, 5.74) is 5.03. The lowest BCUT2D eigenvalue weighted by molar-refractivity contribution is -0.131. The molecule has 1 aliphatic heterocycles. The number of methoxy groups -OCH3 is 1. The molecular weight excluding hydrogens is 324 g/mol. The van der Waals surface area contributed by atoms with Gasteiger partial charge in [0.15, 0.2) is 0 Å². The van der Waals surface area contributed by atoms with Crippen LogP contribution in [0.1, 0.15) is 23.1 Å².